The topological polar surface area (TPSA) is 90.9 Å². The molecular weight excluding hydrogens is 382 g/mol. The first-order valence-electron chi connectivity index (χ1n) is 8.88. The van der Waals surface area contributed by atoms with Crippen LogP contribution in [0, 0.1) is 6.92 Å². The smallest absolute Gasteiger partial charge is 0.307 e. The van der Waals surface area contributed by atoms with Gasteiger partial charge in [-0.15, -0.1) is 11.3 Å². The van der Waals surface area contributed by atoms with Crippen molar-refractivity contribution in [3.63, 3.8) is 0 Å². The number of fused-ring (bicyclic) bond motifs is 1. The van der Waals surface area contributed by atoms with Gasteiger partial charge in [0.05, 0.1) is 11.3 Å². The number of Topliss-reactive ketones (excluding diaryl/α,β-unsaturated/α-hetero) is 1. The Morgan fingerprint density at radius 2 is 1.93 bits per heavy atom. The Bertz CT molecular complexity index is 891. The normalized spacial score (nSPS) is 13.1. The molecule has 2 heterocycles. The summed E-state index contributed by atoms with van der Waals surface area (Å²) in [6, 6.07) is 9.00. The van der Waals surface area contributed by atoms with Gasteiger partial charge < -0.3 is 19.5 Å². The molecule has 1 aromatic heterocycles. The Morgan fingerprint density at radius 1 is 1.14 bits per heavy atom. The lowest BCUT2D eigenvalue weighted by atomic mass is 10.2. The van der Waals surface area contributed by atoms with Gasteiger partial charge in [-0.1, -0.05) is 6.07 Å². The lowest BCUT2D eigenvalue weighted by Gasteiger charge is -2.13. The van der Waals surface area contributed by atoms with E-state index >= 15 is 0 Å². The number of thiophene rings is 1. The van der Waals surface area contributed by atoms with Crippen molar-refractivity contribution in [3.05, 3.63) is 45.6 Å². The van der Waals surface area contributed by atoms with E-state index in [1.807, 2.05) is 19.1 Å². The van der Waals surface area contributed by atoms with Crippen LogP contribution in [0.2, 0.25) is 0 Å². The molecule has 3 rings (SSSR count). The molecule has 0 radical (unpaired) electrons. The molecule has 1 N–H and O–H groups in total. The van der Waals surface area contributed by atoms with Crippen LogP contribution < -0.4 is 14.8 Å². The van der Waals surface area contributed by atoms with Crippen LogP contribution in [0.5, 0.6) is 11.5 Å². The zero-order valence-electron chi connectivity index (χ0n) is 15.7. The van der Waals surface area contributed by atoms with Gasteiger partial charge in [-0.05, 0) is 43.7 Å². The molecule has 1 atom stereocenters. The van der Waals surface area contributed by atoms with E-state index in [0.717, 1.165) is 10.4 Å². The molecule has 0 bridgehead atoms. The highest BCUT2D eigenvalue weighted by Gasteiger charge is 2.19. The van der Waals surface area contributed by atoms with Gasteiger partial charge in [0.15, 0.2) is 23.4 Å². The second-order valence-electron chi connectivity index (χ2n) is 6.37. The Balaban J connectivity index is 1.40. The molecule has 1 aromatic carbocycles. The van der Waals surface area contributed by atoms with Crippen LogP contribution in [0.3, 0.4) is 0 Å². The van der Waals surface area contributed by atoms with Crippen LogP contribution in [0.25, 0.3) is 0 Å². The summed E-state index contributed by atoms with van der Waals surface area (Å²) < 4.78 is 15.7. The highest BCUT2D eigenvalue weighted by molar-refractivity contribution is 7.14. The molecule has 0 saturated heterocycles. The van der Waals surface area contributed by atoms with Gasteiger partial charge in [0, 0.05) is 17.8 Å². The fourth-order valence-electron chi connectivity index (χ4n) is 2.62. The van der Waals surface area contributed by atoms with Gasteiger partial charge in [-0.3, -0.25) is 14.4 Å². The Labute approximate surface area is 166 Å². The first-order chi connectivity index (χ1) is 13.4. The number of ketones is 1. The lowest BCUT2D eigenvalue weighted by Crippen LogP contribution is -2.35. The molecule has 1 aliphatic heterocycles. The molecule has 1 aliphatic rings. The summed E-state index contributed by atoms with van der Waals surface area (Å²) in [7, 11) is 0. The van der Waals surface area contributed by atoms with Gasteiger partial charge in [0.2, 0.25) is 6.79 Å². The molecule has 0 saturated carbocycles. The van der Waals surface area contributed by atoms with Crippen molar-refractivity contribution in [2.24, 2.45) is 0 Å². The van der Waals surface area contributed by atoms with Crippen molar-refractivity contribution in [3.8, 4) is 11.5 Å². The Hall–Kier alpha value is -2.87. The van der Waals surface area contributed by atoms with E-state index in [9.17, 15) is 14.4 Å². The van der Waals surface area contributed by atoms with Crippen molar-refractivity contribution in [1.29, 1.82) is 0 Å². The maximum atomic E-state index is 12.1. The summed E-state index contributed by atoms with van der Waals surface area (Å²) in [5, 5.41) is 2.71. The number of rotatable bonds is 8. The maximum Gasteiger partial charge on any atom is 0.307 e. The zero-order valence-corrected chi connectivity index (χ0v) is 16.5. The predicted octanol–water partition coefficient (Wildman–Crippen LogP) is 3.00. The fraction of sp³-hybridized carbons (Fsp3) is 0.350. The lowest BCUT2D eigenvalue weighted by molar-refractivity contribution is -0.154. The summed E-state index contributed by atoms with van der Waals surface area (Å²) in [5.74, 6) is 0.218. The van der Waals surface area contributed by atoms with E-state index in [1.165, 1.54) is 18.3 Å². The van der Waals surface area contributed by atoms with E-state index in [1.54, 1.807) is 18.2 Å². The minimum absolute atomic E-state index is 0.0598. The van der Waals surface area contributed by atoms with Crippen molar-refractivity contribution in [2.45, 2.75) is 39.3 Å². The third-order valence-electron chi connectivity index (χ3n) is 4.15. The highest BCUT2D eigenvalue weighted by atomic mass is 32.1. The quantitative estimate of drug-likeness (QED) is 0.538. The third-order valence-corrected chi connectivity index (χ3v) is 5.19. The van der Waals surface area contributed by atoms with Crippen LogP contribution >= 0.6 is 11.3 Å². The van der Waals surface area contributed by atoms with E-state index in [4.69, 9.17) is 14.2 Å². The molecule has 2 aromatic rings. The number of carbonyl (C=O) groups is 3. The van der Waals surface area contributed by atoms with Gasteiger partial charge in [0.1, 0.15) is 0 Å². The second kappa shape index (κ2) is 8.88. The molecule has 148 valence electrons. The number of aryl methyl sites for hydroxylation is 1. The van der Waals surface area contributed by atoms with Gasteiger partial charge >= 0.3 is 5.97 Å². The molecule has 0 aliphatic carbocycles. The van der Waals surface area contributed by atoms with E-state index < -0.39 is 18.0 Å². The number of nitrogens with one attached hydrogen (secondary N) is 1. The second-order valence-corrected chi connectivity index (χ2v) is 7.66. The SMILES string of the molecule is Cc1ccc(C(=O)CCC(=O)O[C@@H](C)C(=O)NCc2ccc3c(c2)OCO3)s1. The largest absolute Gasteiger partial charge is 0.454 e. The maximum absolute atomic E-state index is 12.1. The van der Waals surface area contributed by atoms with Crippen LogP contribution in [0.4, 0.5) is 0 Å². The summed E-state index contributed by atoms with van der Waals surface area (Å²) in [5.41, 5.74) is 0.841. The van der Waals surface area contributed by atoms with Crippen molar-refractivity contribution < 1.29 is 28.6 Å². The standard InChI is InChI=1S/C20H21NO6S/c1-12-3-7-18(28-12)15(22)5-8-19(23)27-13(2)20(24)21-10-14-4-6-16-17(9-14)26-11-25-16/h3-4,6-7,9,13H,5,8,10-11H2,1-2H3,(H,21,24)/t13-/m0/s1. The van der Waals surface area contributed by atoms with Crippen LogP contribution in [0.1, 0.15) is 39.9 Å². The van der Waals surface area contributed by atoms with Crippen LogP contribution in [0.15, 0.2) is 30.3 Å². The number of hydrogen-bond acceptors (Lipinski definition) is 7. The van der Waals surface area contributed by atoms with E-state index in [2.05, 4.69) is 5.32 Å². The number of ether oxygens (including phenoxy) is 3. The zero-order chi connectivity index (χ0) is 20.1. The molecular formula is C20H21NO6S. The van der Waals surface area contributed by atoms with Crippen molar-refractivity contribution >= 4 is 29.0 Å². The van der Waals surface area contributed by atoms with Crippen LogP contribution in [-0.4, -0.2) is 30.6 Å². The average molecular weight is 403 g/mol. The predicted molar refractivity (Wildman–Crippen MR) is 103 cm³/mol. The third kappa shape index (κ3) is 5.10. The van der Waals surface area contributed by atoms with Crippen molar-refractivity contribution in [1.82, 2.24) is 5.32 Å². The van der Waals surface area contributed by atoms with Crippen molar-refractivity contribution in [2.75, 3.05) is 6.79 Å². The monoisotopic (exact) mass is 403 g/mol. The highest BCUT2D eigenvalue weighted by Crippen LogP contribution is 2.32. The number of amides is 1. The summed E-state index contributed by atoms with van der Waals surface area (Å²) >= 11 is 1.40. The fourth-order valence-corrected chi connectivity index (χ4v) is 3.45. The number of benzene rings is 1. The molecule has 0 fully saturated rings. The Morgan fingerprint density at radius 3 is 2.68 bits per heavy atom. The minimum Gasteiger partial charge on any atom is -0.454 e. The summed E-state index contributed by atoms with van der Waals surface area (Å²) in [6.45, 7) is 3.87. The van der Waals surface area contributed by atoms with E-state index in [0.29, 0.717) is 16.4 Å². The van der Waals surface area contributed by atoms with E-state index in [-0.39, 0.29) is 32.0 Å². The van der Waals surface area contributed by atoms with Gasteiger partial charge in [-0.2, -0.15) is 0 Å². The number of hydrogen-bond donors (Lipinski definition) is 1. The van der Waals surface area contributed by atoms with Gasteiger partial charge in [0.25, 0.3) is 5.91 Å². The summed E-state index contributed by atoms with van der Waals surface area (Å²) in [4.78, 5) is 37.7. The summed E-state index contributed by atoms with van der Waals surface area (Å²) in [6.07, 6.45) is -0.944. The molecule has 28 heavy (non-hydrogen) atoms. The molecule has 1 amide bonds. The Kier molecular flexibility index (Phi) is 6.30. The molecule has 7 nitrogen and oxygen atoms in total. The first kappa shape index (κ1) is 19.9. The average Bonchev–Trinajstić information content (AvgIpc) is 3.32. The number of carbonyl (C=O) groups excluding carboxylic acids is 3. The first-order valence-corrected chi connectivity index (χ1v) is 9.69. The molecule has 0 unspecified atom stereocenters. The minimum atomic E-state index is -0.944. The number of esters is 1. The molecule has 8 heteroatoms. The van der Waals surface area contributed by atoms with Crippen LogP contribution in [-0.2, 0) is 20.9 Å². The molecule has 0 spiro atoms. The van der Waals surface area contributed by atoms with Gasteiger partial charge in [-0.25, -0.2) is 0 Å².